The lowest BCUT2D eigenvalue weighted by Crippen LogP contribution is -2.34. The summed E-state index contributed by atoms with van der Waals surface area (Å²) < 4.78 is 6.60. The molecule has 1 aromatic heterocycles. The fraction of sp³-hybridized carbons (Fsp3) is 0.0526. The number of nitro benzene ring substituents is 1. The Bertz CT molecular complexity index is 1080. The zero-order chi connectivity index (χ0) is 20.3. The number of hydrogen-bond acceptors (Lipinski definition) is 5. The average Bonchev–Trinajstić information content (AvgIpc) is 3.14. The predicted molar refractivity (Wildman–Crippen MR) is 118 cm³/mol. The minimum Gasteiger partial charge on any atom is -0.451 e. The number of thiocarbonyl (C=S) groups is 1. The van der Waals surface area contributed by atoms with Crippen LogP contribution in [0.25, 0.3) is 11.3 Å². The highest BCUT2D eigenvalue weighted by Crippen LogP contribution is 2.30. The number of anilines is 1. The number of benzene rings is 2. The predicted octanol–water partition coefficient (Wildman–Crippen LogP) is 4.89. The van der Waals surface area contributed by atoms with Gasteiger partial charge in [-0.1, -0.05) is 12.1 Å². The van der Waals surface area contributed by atoms with Crippen molar-refractivity contribution in [1.82, 2.24) is 5.32 Å². The number of hydrogen-bond donors (Lipinski definition) is 2. The second kappa shape index (κ2) is 8.48. The van der Waals surface area contributed by atoms with Crippen molar-refractivity contribution in [2.45, 2.75) is 6.92 Å². The second-order valence-corrected chi connectivity index (χ2v) is 7.46. The number of amides is 1. The molecule has 2 N–H and O–H groups in total. The van der Waals surface area contributed by atoms with E-state index < -0.39 is 10.8 Å². The number of nitrogens with one attached hydrogen (secondary N) is 2. The number of rotatable bonds is 4. The molecule has 0 radical (unpaired) electrons. The first kappa shape index (κ1) is 20.0. The number of para-hydroxylation sites is 1. The third kappa shape index (κ3) is 4.54. The highest BCUT2D eigenvalue weighted by molar-refractivity contribution is 14.1. The van der Waals surface area contributed by atoms with E-state index in [4.69, 9.17) is 16.6 Å². The Morgan fingerprint density at radius 2 is 1.93 bits per heavy atom. The van der Waals surface area contributed by atoms with E-state index in [9.17, 15) is 14.9 Å². The van der Waals surface area contributed by atoms with Gasteiger partial charge in [0.2, 0.25) is 0 Å². The Balaban J connectivity index is 1.72. The monoisotopic (exact) mass is 507 g/mol. The van der Waals surface area contributed by atoms with Crippen LogP contribution in [0.5, 0.6) is 0 Å². The standard InChI is InChI=1S/C19H14IN3O4S/c1-11-10-12(20)6-7-14(11)21-19(28)22-18(24)17-9-8-16(27-17)13-4-2-3-5-15(13)23(25)26/h2-10H,1H3,(H2,21,22,24,28). The molecule has 142 valence electrons. The molecule has 0 aliphatic rings. The largest absolute Gasteiger partial charge is 0.451 e. The van der Waals surface area contributed by atoms with Gasteiger partial charge < -0.3 is 9.73 Å². The normalized spacial score (nSPS) is 10.4. The Morgan fingerprint density at radius 3 is 2.64 bits per heavy atom. The van der Waals surface area contributed by atoms with Gasteiger partial charge in [0, 0.05) is 15.3 Å². The van der Waals surface area contributed by atoms with E-state index in [1.165, 1.54) is 18.2 Å². The lowest BCUT2D eigenvalue weighted by molar-refractivity contribution is -0.384. The number of furan rings is 1. The van der Waals surface area contributed by atoms with Gasteiger partial charge in [-0.05, 0) is 83.7 Å². The van der Waals surface area contributed by atoms with Gasteiger partial charge in [-0.25, -0.2) is 0 Å². The van der Waals surface area contributed by atoms with E-state index in [1.807, 2.05) is 25.1 Å². The summed E-state index contributed by atoms with van der Waals surface area (Å²) in [6.45, 7) is 1.93. The highest BCUT2D eigenvalue weighted by Gasteiger charge is 2.19. The maximum atomic E-state index is 12.4. The molecule has 0 unspecified atom stereocenters. The molecule has 0 saturated carbocycles. The van der Waals surface area contributed by atoms with Crippen LogP contribution >= 0.6 is 34.8 Å². The van der Waals surface area contributed by atoms with E-state index in [0.29, 0.717) is 5.56 Å². The van der Waals surface area contributed by atoms with Crippen LogP contribution in [0.2, 0.25) is 0 Å². The molecule has 0 atom stereocenters. The van der Waals surface area contributed by atoms with Crippen LogP contribution in [-0.4, -0.2) is 15.9 Å². The van der Waals surface area contributed by atoms with Gasteiger partial charge in [0.15, 0.2) is 10.9 Å². The first-order valence-corrected chi connectivity index (χ1v) is 9.56. The van der Waals surface area contributed by atoms with Crippen molar-refractivity contribution in [2.24, 2.45) is 0 Å². The van der Waals surface area contributed by atoms with Crippen molar-refractivity contribution in [3.63, 3.8) is 0 Å². The molecule has 0 saturated heterocycles. The summed E-state index contributed by atoms with van der Waals surface area (Å²) in [7, 11) is 0. The molecule has 3 aromatic rings. The van der Waals surface area contributed by atoms with Gasteiger partial charge >= 0.3 is 0 Å². The number of nitrogens with zero attached hydrogens (tertiary/aromatic N) is 1. The molecule has 0 spiro atoms. The topological polar surface area (TPSA) is 97.4 Å². The van der Waals surface area contributed by atoms with Crippen LogP contribution in [0.15, 0.2) is 59.0 Å². The lowest BCUT2D eigenvalue weighted by atomic mass is 10.1. The van der Waals surface area contributed by atoms with Gasteiger partial charge in [-0.15, -0.1) is 0 Å². The first-order chi connectivity index (χ1) is 13.3. The Morgan fingerprint density at radius 1 is 1.18 bits per heavy atom. The summed E-state index contributed by atoms with van der Waals surface area (Å²) in [6.07, 6.45) is 0. The fourth-order valence-electron chi connectivity index (χ4n) is 2.53. The van der Waals surface area contributed by atoms with E-state index in [-0.39, 0.29) is 22.3 Å². The van der Waals surface area contributed by atoms with Crippen LogP contribution in [0.3, 0.4) is 0 Å². The van der Waals surface area contributed by atoms with Crippen LogP contribution in [0, 0.1) is 20.6 Å². The third-order valence-electron chi connectivity index (χ3n) is 3.86. The van der Waals surface area contributed by atoms with Crippen molar-refractivity contribution in [1.29, 1.82) is 0 Å². The molecule has 28 heavy (non-hydrogen) atoms. The summed E-state index contributed by atoms with van der Waals surface area (Å²) in [5.74, 6) is -0.327. The second-order valence-electron chi connectivity index (χ2n) is 5.81. The maximum absolute atomic E-state index is 12.4. The van der Waals surface area contributed by atoms with E-state index in [2.05, 4.69) is 33.2 Å². The molecule has 7 nitrogen and oxygen atoms in total. The number of carbonyl (C=O) groups is 1. The summed E-state index contributed by atoms with van der Waals surface area (Å²) in [5.41, 5.74) is 1.96. The maximum Gasteiger partial charge on any atom is 0.293 e. The van der Waals surface area contributed by atoms with Crippen molar-refractivity contribution < 1.29 is 14.1 Å². The number of carbonyl (C=O) groups excluding carboxylic acids is 1. The van der Waals surface area contributed by atoms with Crippen molar-refractivity contribution >= 4 is 57.2 Å². The highest BCUT2D eigenvalue weighted by atomic mass is 127. The van der Waals surface area contributed by atoms with Crippen LogP contribution in [0.4, 0.5) is 11.4 Å². The minimum absolute atomic E-state index is 0.00312. The lowest BCUT2D eigenvalue weighted by Gasteiger charge is -2.11. The van der Waals surface area contributed by atoms with E-state index in [1.54, 1.807) is 18.2 Å². The van der Waals surface area contributed by atoms with Crippen LogP contribution in [0.1, 0.15) is 16.1 Å². The Labute approximate surface area is 179 Å². The zero-order valence-electron chi connectivity index (χ0n) is 14.6. The fourth-order valence-corrected chi connectivity index (χ4v) is 3.38. The summed E-state index contributed by atoms with van der Waals surface area (Å²) in [4.78, 5) is 23.0. The smallest absolute Gasteiger partial charge is 0.293 e. The summed E-state index contributed by atoms with van der Waals surface area (Å²) >= 11 is 7.40. The third-order valence-corrected chi connectivity index (χ3v) is 4.73. The summed E-state index contributed by atoms with van der Waals surface area (Å²) in [6, 6.07) is 14.9. The molecule has 2 aromatic carbocycles. The van der Waals surface area contributed by atoms with Gasteiger partial charge in [0.1, 0.15) is 5.76 Å². The van der Waals surface area contributed by atoms with E-state index >= 15 is 0 Å². The Kier molecular flexibility index (Phi) is 6.05. The number of halogens is 1. The number of nitro groups is 1. The quantitative estimate of drug-likeness (QED) is 0.226. The molecular formula is C19H14IN3O4S. The Hall–Kier alpha value is -2.79. The first-order valence-electron chi connectivity index (χ1n) is 8.07. The SMILES string of the molecule is Cc1cc(I)ccc1NC(=S)NC(=O)c1ccc(-c2ccccc2[N+](=O)[O-])o1. The molecule has 1 amide bonds. The van der Waals surface area contributed by atoms with Crippen molar-refractivity contribution in [3.8, 4) is 11.3 Å². The molecule has 0 fully saturated rings. The van der Waals surface area contributed by atoms with Gasteiger partial charge in [-0.3, -0.25) is 20.2 Å². The van der Waals surface area contributed by atoms with Gasteiger partial charge in [0.05, 0.1) is 10.5 Å². The van der Waals surface area contributed by atoms with E-state index in [0.717, 1.165) is 14.8 Å². The molecule has 9 heteroatoms. The number of aryl methyl sites for hydroxylation is 1. The molecule has 1 heterocycles. The zero-order valence-corrected chi connectivity index (χ0v) is 17.5. The van der Waals surface area contributed by atoms with Gasteiger partial charge in [-0.2, -0.15) is 0 Å². The minimum atomic E-state index is -0.550. The van der Waals surface area contributed by atoms with Gasteiger partial charge in [0.25, 0.3) is 11.6 Å². The molecule has 0 aliphatic heterocycles. The molecule has 0 aliphatic carbocycles. The molecule has 0 bridgehead atoms. The molecule has 3 rings (SSSR count). The summed E-state index contributed by atoms with van der Waals surface area (Å²) in [5, 5.41) is 16.8. The average molecular weight is 507 g/mol. The van der Waals surface area contributed by atoms with Crippen molar-refractivity contribution in [3.05, 3.63) is 79.6 Å². The molecular weight excluding hydrogens is 493 g/mol. The van der Waals surface area contributed by atoms with Crippen molar-refractivity contribution in [2.75, 3.05) is 5.32 Å². The van der Waals surface area contributed by atoms with Crippen LogP contribution < -0.4 is 10.6 Å². The van der Waals surface area contributed by atoms with Crippen LogP contribution in [-0.2, 0) is 0 Å².